The van der Waals surface area contributed by atoms with Crippen molar-refractivity contribution >= 4 is 32.6 Å². The van der Waals surface area contributed by atoms with Gasteiger partial charge in [0.25, 0.3) is 5.91 Å². The number of amides is 1. The van der Waals surface area contributed by atoms with Gasteiger partial charge in [0.05, 0.1) is 10.2 Å². The molecule has 3 heterocycles. The van der Waals surface area contributed by atoms with Gasteiger partial charge in [0, 0.05) is 17.8 Å². The second-order valence-corrected chi connectivity index (χ2v) is 6.50. The molecule has 1 aromatic carbocycles. The number of thiazole rings is 1. The molecule has 124 valence electrons. The number of benzene rings is 1. The Kier molecular flexibility index (Phi) is 3.81. The smallest absolute Gasteiger partial charge is 0.277 e. The van der Waals surface area contributed by atoms with Crippen molar-refractivity contribution < 1.29 is 14.3 Å². The number of nitrogens with zero attached hydrogens (tertiary/aromatic N) is 2. The molecular formula is C16H16N4O3S. The first-order chi connectivity index (χ1) is 11.7. The number of aromatic nitrogens is 3. The van der Waals surface area contributed by atoms with E-state index in [9.17, 15) is 4.79 Å². The van der Waals surface area contributed by atoms with E-state index in [1.807, 2.05) is 12.1 Å². The van der Waals surface area contributed by atoms with Gasteiger partial charge in [0.2, 0.25) is 0 Å². The molecule has 0 unspecified atom stereocenters. The normalized spacial score (nSPS) is 13.2. The Balaban J connectivity index is 1.56. The molecule has 1 amide bonds. The van der Waals surface area contributed by atoms with E-state index in [1.54, 1.807) is 6.07 Å². The lowest BCUT2D eigenvalue weighted by molar-refractivity contribution is 0.102. The minimum Gasteiger partial charge on any atom is -0.486 e. The van der Waals surface area contributed by atoms with Gasteiger partial charge in [-0.1, -0.05) is 24.7 Å². The van der Waals surface area contributed by atoms with Crippen molar-refractivity contribution in [1.29, 1.82) is 0 Å². The summed E-state index contributed by atoms with van der Waals surface area (Å²) in [5, 5.41) is 10.2. The minimum atomic E-state index is -0.273. The Morgan fingerprint density at radius 2 is 2.08 bits per heavy atom. The molecule has 4 rings (SSSR count). The molecule has 0 saturated carbocycles. The monoisotopic (exact) mass is 344 g/mol. The van der Waals surface area contributed by atoms with Crippen LogP contribution in [0, 0.1) is 0 Å². The molecule has 3 aromatic rings. The summed E-state index contributed by atoms with van der Waals surface area (Å²) in [6, 6.07) is 5.50. The van der Waals surface area contributed by atoms with Crippen molar-refractivity contribution in [2.75, 3.05) is 18.5 Å². The van der Waals surface area contributed by atoms with E-state index in [0.717, 1.165) is 28.8 Å². The number of hydrogen-bond acceptors (Lipinski definition) is 6. The molecule has 0 atom stereocenters. The van der Waals surface area contributed by atoms with E-state index in [2.05, 4.69) is 27.4 Å². The molecule has 8 heteroatoms. The number of nitrogens with one attached hydrogen (secondary N) is 2. The van der Waals surface area contributed by atoms with Crippen molar-refractivity contribution in [3.05, 3.63) is 29.6 Å². The number of anilines is 1. The number of ether oxygens (including phenoxy) is 2. The lowest BCUT2D eigenvalue weighted by Gasteiger charge is -2.17. The summed E-state index contributed by atoms with van der Waals surface area (Å²) in [5.41, 5.74) is 2.09. The highest BCUT2D eigenvalue weighted by Gasteiger charge is 2.17. The molecule has 0 aliphatic carbocycles. The first-order valence-corrected chi connectivity index (χ1v) is 8.60. The summed E-state index contributed by atoms with van der Waals surface area (Å²) < 4.78 is 12.1. The zero-order chi connectivity index (χ0) is 16.5. The molecule has 1 aliphatic rings. The van der Waals surface area contributed by atoms with Crippen LogP contribution in [-0.2, 0) is 6.42 Å². The SMILES string of the molecule is CCCc1cc(C(=O)Nc2nc3cc4c(cc3s2)OCCO4)n[nH]1. The van der Waals surface area contributed by atoms with Gasteiger partial charge in [0.1, 0.15) is 13.2 Å². The number of aryl methyl sites for hydroxylation is 1. The topological polar surface area (TPSA) is 89.1 Å². The van der Waals surface area contributed by atoms with Crippen LogP contribution in [0.25, 0.3) is 10.2 Å². The van der Waals surface area contributed by atoms with Crippen LogP contribution in [0.1, 0.15) is 29.5 Å². The van der Waals surface area contributed by atoms with Gasteiger partial charge < -0.3 is 9.47 Å². The van der Waals surface area contributed by atoms with Crippen molar-refractivity contribution in [3.63, 3.8) is 0 Å². The number of aromatic amines is 1. The Morgan fingerprint density at radius 1 is 1.29 bits per heavy atom. The molecule has 0 bridgehead atoms. The largest absolute Gasteiger partial charge is 0.486 e. The maximum absolute atomic E-state index is 12.3. The fourth-order valence-electron chi connectivity index (χ4n) is 2.55. The molecule has 0 saturated heterocycles. The number of carbonyl (C=O) groups is 1. The van der Waals surface area contributed by atoms with E-state index in [1.165, 1.54) is 11.3 Å². The molecule has 24 heavy (non-hydrogen) atoms. The Morgan fingerprint density at radius 3 is 2.88 bits per heavy atom. The van der Waals surface area contributed by atoms with Gasteiger partial charge >= 0.3 is 0 Å². The standard InChI is InChI=1S/C16H16N4O3S/c1-2-3-9-6-11(20-19-9)15(21)18-16-17-10-7-12-13(8-14(10)24-16)23-5-4-22-12/h6-8H,2-5H2,1H3,(H,19,20)(H,17,18,21). The van der Waals surface area contributed by atoms with E-state index in [-0.39, 0.29) is 5.91 Å². The minimum absolute atomic E-state index is 0.273. The lowest BCUT2D eigenvalue weighted by Crippen LogP contribution is -2.15. The predicted molar refractivity (Wildman–Crippen MR) is 91.1 cm³/mol. The van der Waals surface area contributed by atoms with Crippen LogP contribution in [0.15, 0.2) is 18.2 Å². The zero-order valence-corrected chi connectivity index (χ0v) is 13.9. The van der Waals surface area contributed by atoms with Gasteiger partial charge in [0.15, 0.2) is 22.3 Å². The second-order valence-electron chi connectivity index (χ2n) is 5.47. The average Bonchev–Trinajstić information content (AvgIpc) is 3.19. The Bertz CT molecular complexity index is 859. The summed E-state index contributed by atoms with van der Waals surface area (Å²) >= 11 is 1.39. The molecule has 0 fully saturated rings. The quantitative estimate of drug-likeness (QED) is 0.759. The van der Waals surface area contributed by atoms with Crippen molar-refractivity contribution in [1.82, 2.24) is 15.2 Å². The third-order valence-electron chi connectivity index (χ3n) is 3.66. The predicted octanol–water partition coefficient (Wildman–Crippen LogP) is 3.00. The summed E-state index contributed by atoms with van der Waals surface area (Å²) in [6.07, 6.45) is 1.86. The molecule has 0 radical (unpaired) electrons. The first-order valence-electron chi connectivity index (χ1n) is 7.79. The Hall–Kier alpha value is -2.61. The number of H-pyrrole nitrogens is 1. The van der Waals surface area contributed by atoms with Gasteiger partial charge in [-0.05, 0) is 12.5 Å². The molecule has 0 spiro atoms. The van der Waals surface area contributed by atoms with Crippen LogP contribution in [0.5, 0.6) is 11.5 Å². The maximum atomic E-state index is 12.3. The zero-order valence-electron chi connectivity index (χ0n) is 13.1. The van der Waals surface area contributed by atoms with E-state index in [0.29, 0.717) is 35.5 Å². The summed E-state index contributed by atoms with van der Waals surface area (Å²) in [7, 11) is 0. The van der Waals surface area contributed by atoms with E-state index in [4.69, 9.17) is 9.47 Å². The second kappa shape index (κ2) is 6.12. The number of carbonyl (C=O) groups excluding carboxylic acids is 1. The van der Waals surface area contributed by atoms with Crippen LogP contribution in [0.3, 0.4) is 0 Å². The Labute approximate surface area is 142 Å². The molecule has 1 aliphatic heterocycles. The summed E-state index contributed by atoms with van der Waals surface area (Å²) in [5.74, 6) is 1.13. The summed E-state index contributed by atoms with van der Waals surface area (Å²) in [4.78, 5) is 16.7. The summed E-state index contributed by atoms with van der Waals surface area (Å²) in [6.45, 7) is 3.15. The highest BCUT2D eigenvalue weighted by atomic mass is 32.1. The van der Waals surface area contributed by atoms with E-state index < -0.39 is 0 Å². The van der Waals surface area contributed by atoms with Crippen LogP contribution in [0.2, 0.25) is 0 Å². The van der Waals surface area contributed by atoms with Gasteiger partial charge in [-0.25, -0.2) is 4.98 Å². The van der Waals surface area contributed by atoms with Gasteiger partial charge in [-0.3, -0.25) is 15.2 Å². The molecule has 2 aromatic heterocycles. The van der Waals surface area contributed by atoms with Crippen molar-refractivity contribution in [2.45, 2.75) is 19.8 Å². The van der Waals surface area contributed by atoms with Crippen LogP contribution in [-0.4, -0.2) is 34.3 Å². The third kappa shape index (κ3) is 2.80. The number of fused-ring (bicyclic) bond motifs is 2. The van der Waals surface area contributed by atoms with E-state index >= 15 is 0 Å². The van der Waals surface area contributed by atoms with Crippen LogP contribution < -0.4 is 14.8 Å². The van der Waals surface area contributed by atoms with Crippen LogP contribution in [0.4, 0.5) is 5.13 Å². The van der Waals surface area contributed by atoms with Gasteiger partial charge in [-0.15, -0.1) is 0 Å². The van der Waals surface area contributed by atoms with Crippen molar-refractivity contribution in [3.8, 4) is 11.5 Å². The molecule has 7 nitrogen and oxygen atoms in total. The third-order valence-corrected chi connectivity index (χ3v) is 4.59. The maximum Gasteiger partial charge on any atom is 0.277 e. The highest BCUT2D eigenvalue weighted by molar-refractivity contribution is 7.22. The number of hydrogen-bond donors (Lipinski definition) is 2. The van der Waals surface area contributed by atoms with Gasteiger partial charge in [-0.2, -0.15) is 5.10 Å². The van der Waals surface area contributed by atoms with Crippen molar-refractivity contribution in [2.24, 2.45) is 0 Å². The number of rotatable bonds is 4. The lowest BCUT2D eigenvalue weighted by atomic mass is 10.2. The van der Waals surface area contributed by atoms with Crippen LogP contribution >= 0.6 is 11.3 Å². The first kappa shape index (κ1) is 14.9. The highest BCUT2D eigenvalue weighted by Crippen LogP contribution is 2.37. The average molecular weight is 344 g/mol. The molecular weight excluding hydrogens is 328 g/mol. The fraction of sp³-hybridized carbons (Fsp3) is 0.312. The molecule has 2 N–H and O–H groups in total. The fourth-order valence-corrected chi connectivity index (χ4v) is 3.43.